The zero-order chi connectivity index (χ0) is 9.68. The van der Waals surface area contributed by atoms with Crippen molar-refractivity contribution in [2.75, 3.05) is 18.6 Å². The number of thioether (sulfide) groups is 1. The van der Waals surface area contributed by atoms with Crippen molar-refractivity contribution < 1.29 is 9.59 Å². The first-order valence-corrected chi connectivity index (χ1v) is 5.29. The maximum atomic E-state index is 10.7. The molecule has 13 heavy (non-hydrogen) atoms. The van der Waals surface area contributed by atoms with Crippen LogP contribution < -0.4 is 10.6 Å². The van der Waals surface area contributed by atoms with Gasteiger partial charge >= 0.3 is 11.8 Å². The van der Waals surface area contributed by atoms with E-state index in [1.165, 1.54) is 0 Å². The third-order valence-corrected chi connectivity index (χ3v) is 2.14. The zero-order valence-electron chi connectivity index (χ0n) is 7.29. The van der Waals surface area contributed by atoms with Crippen molar-refractivity contribution in [2.24, 2.45) is 4.99 Å². The van der Waals surface area contributed by atoms with Gasteiger partial charge in [0.05, 0.1) is 0 Å². The lowest BCUT2D eigenvalue weighted by molar-refractivity contribution is -0.135. The molecular weight excluding hydrogens is 190 g/mol. The summed E-state index contributed by atoms with van der Waals surface area (Å²) in [5.41, 5.74) is 0. The number of carbonyl (C=O) groups excluding carboxylic acids is 2. The summed E-state index contributed by atoms with van der Waals surface area (Å²) >= 11 is 1.74. The van der Waals surface area contributed by atoms with Gasteiger partial charge in [-0.1, -0.05) is 0 Å². The quantitative estimate of drug-likeness (QED) is 0.468. The normalized spacial score (nSPS) is 15.6. The number of nitrogens with zero attached hydrogens (tertiary/aromatic N) is 1. The summed E-state index contributed by atoms with van der Waals surface area (Å²) in [5.74, 6) is 0.0296. The molecule has 5 nitrogen and oxygen atoms in total. The fourth-order valence-electron chi connectivity index (χ4n) is 0.839. The number of aliphatic imine (C=N–C) groups is 1. The summed E-state index contributed by atoms with van der Waals surface area (Å²) in [6, 6.07) is 0. The van der Waals surface area contributed by atoms with Gasteiger partial charge in [-0.2, -0.15) is 11.8 Å². The minimum absolute atomic E-state index is 0.274. The first-order valence-electron chi connectivity index (χ1n) is 3.90. The van der Waals surface area contributed by atoms with Crippen molar-refractivity contribution in [3.8, 4) is 0 Å². The molecule has 0 atom stereocenters. The first-order chi connectivity index (χ1) is 6.24. The molecule has 0 radical (unpaired) electrons. The highest BCUT2D eigenvalue weighted by atomic mass is 32.2. The Balaban J connectivity index is 2.29. The number of guanidine groups is 1. The van der Waals surface area contributed by atoms with Crippen molar-refractivity contribution in [3.63, 3.8) is 0 Å². The van der Waals surface area contributed by atoms with E-state index in [1.54, 1.807) is 11.8 Å². The van der Waals surface area contributed by atoms with E-state index in [-0.39, 0.29) is 5.96 Å². The van der Waals surface area contributed by atoms with Gasteiger partial charge in [0, 0.05) is 6.54 Å². The summed E-state index contributed by atoms with van der Waals surface area (Å²) in [7, 11) is 0. The predicted molar refractivity (Wildman–Crippen MR) is 51.6 cm³/mol. The molecule has 72 valence electrons. The Morgan fingerprint density at radius 1 is 1.31 bits per heavy atom. The molecule has 1 fully saturated rings. The summed E-state index contributed by atoms with van der Waals surface area (Å²) in [6.07, 6.45) is 2.96. The van der Waals surface area contributed by atoms with Gasteiger partial charge in [-0.05, 0) is 18.4 Å². The third-order valence-electron chi connectivity index (χ3n) is 1.45. The van der Waals surface area contributed by atoms with Gasteiger partial charge in [-0.3, -0.25) is 25.2 Å². The standard InChI is InChI=1S/C7H11N3O2S/c1-13-4-2-3-8-7-9-5(11)6(12)10-7/h2-4H2,1H3,(H2,8,9,10,11,12). The topological polar surface area (TPSA) is 70.6 Å². The van der Waals surface area contributed by atoms with Gasteiger partial charge in [0.2, 0.25) is 5.96 Å². The van der Waals surface area contributed by atoms with Crippen LogP contribution in [0.1, 0.15) is 6.42 Å². The lowest BCUT2D eigenvalue weighted by Crippen LogP contribution is -2.25. The summed E-state index contributed by atoms with van der Waals surface area (Å²) in [4.78, 5) is 25.3. The molecular formula is C7H11N3O2S. The molecule has 1 heterocycles. The molecule has 0 aromatic heterocycles. The van der Waals surface area contributed by atoms with E-state index in [4.69, 9.17) is 0 Å². The van der Waals surface area contributed by atoms with Gasteiger partial charge in [-0.25, -0.2) is 0 Å². The number of rotatable bonds is 4. The molecule has 1 saturated heterocycles. The summed E-state index contributed by atoms with van der Waals surface area (Å²) < 4.78 is 0. The molecule has 2 N–H and O–H groups in total. The molecule has 0 spiro atoms. The van der Waals surface area contributed by atoms with E-state index >= 15 is 0 Å². The molecule has 0 aromatic rings. The Morgan fingerprint density at radius 2 is 1.92 bits per heavy atom. The van der Waals surface area contributed by atoms with Gasteiger partial charge in [0.25, 0.3) is 0 Å². The van der Waals surface area contributed by atoms with Crippen LogP contribution >= 0.6 is 11.8 Å². The largest absolute Gasteiger partial charge is 0.316 e. The highest BCUT2D eigenvalue weighted by molar-refractivity contribution is 7.98. The van der Waals surface area contributed by atoms with Gasteiger partial charge in [-0.15, -0.1) is 0 Å². The van der Waals surface area contributed by atoms with E-state index in [9.17, 15) is 9.59 Å². The Labute approximate surface area is 80.4 Å². The van der Waals surface area contributed by atoms with E-state index in [1.807, 2.05) is 6.26 Å². The van der Waals surface area contributed by atoms with Crippen LogP contribution in [0.3, 0.4) is 0 Å². The molecule has 6 heteroatoms. The number of hydrogen-bond donors (Lipinski definition) is 2. The molecule has 1 aliphatic heterocycles. The Bertz CT molecular complexity index is 234. The monoisotopic (exact) mass is 201 g/mol. The lowest BCUT2D eigenvalue weighted by atomic mass is 10.5. The van der Waals surface area contributed by atoms with E-state index in [0.717, 1.165) is 12.2 Å². The van der Waals surface area contributed by atoms with Gasteiger partial charge in [0.1, 0.15) is 0 Å². The molecule has 0 bridgehead atoms. The van der Waals surface area contributed by atoms with Crippen molar-refractivity contribution >= 4 is 29.5 Å². The van der Waals surface area contributed by atoms with Crippen LogP contribution in [0.2, 0.25) is 0 Å². The van der Waals surface area contributed by atoms with E-state index < -0.39 is 11.8 Å². The van der Waals surface area contributed by atoms with Crippen molar-refractivity contribution in [1.29, 1.82) is 0 Å². The van der Waals surface area contributed by atoms with E-state index in [0.29, 0.717) is 6.54 Å². The molecule has 2 amide bonds. The minimum atomic E-state index is -0.636. The Hall–Kier alpha value is -1.04. The van der Waals surface area contributed by atoms with Crippen LogP contribution in [0.15, 0.2) is 4.99 Å². The van der Waals surface area contributed by atoms with Crippen molar-refractivity contribution in [2.45, 2.75) is 6.42 Å². The van der Waals surface area contributed by atoms with Crippen LogP contribution in [-0.2, 0) is 9.59 Å². The smallest absolute Gasteiger partial charge is 0.288 e. The van der Waals surface area contributed by atoms with Gasteiger partial charge in [0.15, 0.2) is 0 Å². The molecule has 1 rings (SSSR count). The average Bonchev–Trinajstić information content (AvgIpc) is 2.41. The van der Waals surface area contributed by atoms with Gasteiger partial charge < -0.3 is 0 Å². The summed E-state index contributed by atoms with van der Waals surface area (Å²) in [6.45, 7) is 0.622. The predicted octanol–water partition coefficient (Wildman–Crippen LogP) is -0.659. The lowest BCUT2D eigenvalue weighted by Gasteiger charge is -1.95. The Kier molecular flexibility index (Phi) is 3.75. The van der Waals surface area contributed by atoms with E-state index in [2.05, 4.69) is 15.6 Å². The van der Waals surface area contributed by atoms with Crippen molar-refractivity contribution in [1.82, 2.24) is 10.6 Å². The molecule has 0 unspecified atom stereocenters. The van der Waals surface area contributed by atoms with Crippen LogP contribution in [-0.4, -0.2) is 36.3 Å². The average molecular weight is 201 g/mol. The fraction of sp³-hybridized carbons (Fsp3) is 0.571. The molecule has 0 saturated carbocycles. The summed E-state index contributed by atoms with van der Waals surface area (Å²) in [5, 5.41) is 4.65. The molecule has 0 aromatic carbocycles. The number of hydrogen-bond acceptors (Lipinski definition) is 4. The molecule has 1 aliphatic rings. The molecule has 0 aliphatic carbocycles. The first kappa shape index (κ1) is 10.0. The second kappa shape index (κ2) is 4.86. The third kappa shape index (κ3) is 3.06. The highest BCUT2D eigenvalue weighted by Gasteiger charge is 2.24. The number of nitrogens with one attached hydrogen (secondary N) is 2. The second-order valence-corrected chi connectivity index (χ2v) is 3.47. The zero-order valence-corrected chi connectivity index (χ0v) is 8.11. The number of carbonyl (C=O) groups is 2. The van der Waals surface area contributed by atoms with Crippen LogP contribution in [0, 0.1) is 0 Å². The maximum absolute atomic E-state index is 10.7. The fourth-order valence-corrected chi connectivity index (χ4v) is 1.26. The highest BCUT2D eigenvalue weighted by Crippen LogP contribution is 1.95. The Morgan fingerprint density at radius 3 is 2.46 bits per heavy atom. The SMILES string of the molecule is CSCCCN=C1NC(=O)C(=O)N1. The van der Waals surface area contributed by atoms with Crippen LogP contribution in [0.4, 0.5) is 0 Å². The maximum Gasteiger partial charge on any atom is 0.316 e. The second-order valence-electron chi connectivity index (χ2n) is 2.48. The van der Waals surface area contributed by atoms with Crippen LogP contribution in [0.25, 0.3) is 0 Å². The minimum Gasteiger partial charge on any atom is -0.288 e. The van der Waals surface area contributed by atoms with Crippen LogP contribution in [0.5, 0.6) is 0 Å². The number of amides is 2. The van der Waals surface area contributed by atoms with Crippen molar-refractivity contribution in [3.05, 3.63) is 0 Å².